The van der Waals surface area contributed by atoms with Crippen molar-refractivity contribution in [2.24, 2.45) is 0 Å². The lowest BCUT2D eigenvalue weighted by Gasteiger charge is -2.07. The van der Waals surface area contributed by atoms with Gasteiger partial charge in [-0.25, -0.2) is 0 Å². The molecule has 1 aromatic carbocycles. The first-order valence-electron chi connectivity index (χ1n) is 5.60. The van der Waals surface area contributed by atoms with Crippen molar-refractivity contribution >= 4 is 17.7 Å². The highest BCUT2D eigenvalue weighted by Crippen LogP contribution is 2.12. The van der Waals surface area contributed by atoms with Crippen molar-refractivity contribution in [3.63, 3.8) is 0 Å². The molecular weight excluding hydrogens is 250 g/mol. The van der Waals surface area contributed by atoms with Gasteiger partial charge < -0.3 is 14.8 Å². The zero-order valence-corrected chi connectivity index (χ0v) is 10.8. The second-order valence-electron chi connectivity index (χ2n) is 3.72. The minimum absolute atomic E-state index is 0.0395. The number of ketones is 1. The van der Waals surface area contributed by atoms with E-state index < -0.39 is 11.9 Å². The van der Waals surface area contributed by atoms with E-state index in [1.165, 1.54) is 14.0 Å². The number of carbonyl (C=O) groups is 3. The molecule has 19 heavy (non-hydrogen) atoms. The number of esters is 1. The van der Waals surface area contributed by atoms with Crippen LogP contribution in [0, 0.1) is 0 Å². The molecule has 0 fully saturated rings. The van der Waals surface area contributed by atoms with E-state index in [1.54, 1.807) is 24.3 Å². The number of carbonyl (C=O) groups excluding carboxylic acids is 3. The molecule has 0 saturated heterocycles. The number of hydrogen-bond donors (Lipinski definition) is 1. The van der Waals surface area contributed by atoms with Gasteiger partial charge in [0.25, 0.3) is 5.91 Å². The van der Waals surface area contributed by atoms with E-state index in [2.05, 4.69) is 10.1 Å². The summed E-state index contributed by atoms with van der Waals surface area (Å²) in [5.41, 5.74) is 0.572. The van der Waals surface area contributed by atoms with Crippen molar-refractivity contribution in [1.29, 1.82) is 0 Å². The van der Waals surface area contributed by atoms with Crippen molar-refractivity contribution in [2.45, 2.75) is 6.92 Å². The van der Waals surface area contributed by atoms with Gasteiger partial charge >= 0.3 is 5.97 Å². The fourth-order valence-corrected chi connectivity index (χ4v) is 1.23. The number of benzene rings is 1. The summed E-state index contributed by atoms with van der Waals surface area (Å²) < 4.78 is 9.57. The third kappa shape index (κ3) is 5.20. The van der Waals surface area contributed by atoms with Crippen molar-refractivity contribution in [3.8, 4) is 5.75 Å². The molecule has 0 aliphatic rings. The van der Waals surface area contributed by atoms with Crippen LogP contribution in [-0.4, -0.2) is 37.9 Å². The number of hydrogen-bond acceptors (Lipinski definition) is 5. The molecule has 1 amide bonds. The molecule has 0 spiro atoms. The lowest BCUT2D eigenvalue weighted by molar-refractivity contribution is -0.141. The van der Waals surface area contributed by atoms with Gasteiger partial charge in [0.1, 0.15) is 12.3 Å². The first kappa shape index (κ1) is 14.7. The predicted molar refractivity (Wildman–Crippen MR) is 67.0 cm³/mol. The van der Waals surface area contributed by atoms with Crippen LogP contribution in [-0.2, 0) is 14.3 Å². The summed E-state index contributed by atoms with van der Waals surface area (Å²) in [6.07, 6.45) is 0. The number of methoxy groups -OCH3 is 1. The minimum Gasteiger partial charge on any atom is -0.484 e. The van der Waals surface area contributed by atoms with Crippen LogP contribution >= 0.6 is 0 Å². The Morgan fingerprint density at radius 2 is 1.79 bits per heavy atom. The van der Waals surface area contributed by atoms with Crippen molar-refractivity contribution in [2.75, 3.05) is 20.3 Å². The van der Waals surface area contributed by atoms with E-state index in [-0.39, 0.29) is 18.9 Å². The molecule has 0 bridgehead atoms. The van der Waals surface area contributed by atoms with Gasteiger partial charge in [0.2, 0.25) is 0 Å². The van der Waals surface area contributed by atoms with Gasteiger partial charge in [-0.3, -0.25) is 14.4 Å². The van der Waals surface area contributed by atoms with E-state index in [1.807, 2.05) is 0 Å². The van der Waals surface area contributed by atoms with E-state index in [4.69, 9.17) is 4.74 Å². The molecule has 0 atom stereocenters. The van der Waals surface area contributed by atoms with Crippen LogP contribution in [0.15, 0.2) is 24.3 Å². The van der Waals surface area contributed by atoms with Crippen LogP contribution in [0.1, 0.15) is 17.3 Å². The molecule has 6 heteroatoms. The monoisotopic (exact) mass is 265 g/mol. The van der Waals surface area contributed by atoms with Gasteiger partial charge in [-0.05, 0) is 31.2 Å². The zero-order chi connectivity index (χ0) is 14.3. The maximum Gasteiger partial charge on any atom is 0.325 e. The molecule has 0 aromatic heterocycles. The van der Waals surface area contributed by atoms with Gasteiger partial charge in [-0.2, -0.15) is 0 Å². The highest BCUT2D eigenvalue weighted by molar-refractivity contribution is 5.94. The zero-order valence-electron chi connectivity index (χ0n) is 10.8. The molecule has 102 valence electrons. The summed E-state index contributed by atoms with van der Waals surface area (Å²) in [5, 5.41) is 2.34. The molecule has 1 rings (SSSR count). The molecule has 0 aliphatic heterocycles. The molecule has 1 aromatic rings. The first-order valence-corrected chi connectivity index (χ1v) is 5.60. The summed E-state index contributed by atoms with van der Waals surface area (Å²) in [6, 6.07) is 6.43. The first-order chi connectivity index (χ1) is 9.02. The Labute approximate surface area is 110 Å². The number of nitrogens with one attached hydrogen (secondary N) is 1. The molecule has 1 N–H and O–H groups in total. The minimum atomic E-state index is -0.529. The molecule has 0 aliphatic carbocycles. The smallest absolute Gasteiger partial charge is 0.325 e. The summed E-state index contributed by atoms with van der Waals surface area (Å²) in [7, 11) is 1.24. The maximum absolute atomic E-state index is 11.3. The number of amides is 1. The quantitative estimate of drug-likeness (QED) is 0.600. The average Bonchev–Trinajstić information content (AvgIpc) is 2.42. The second kappa shape index (κ2) is 7.15. The lowest BCUT2D eigenvalue weighted by Crippen LogP contribution is -2.33. The summed E-state index contributed by atoms with van der Waals surface area (Å²) in [6.45, 7) is 1.06. The average molecular weight is 265 g/mol. The maximum atomic E-state index is 11.3. The van der Waals surface area contributed by atoms with Crippen molar-refractivity contribution in [3.05, 3.63) is 29.8 Å². The van der Waals surface area contributed by atoms with Gasteiger partial charge in [0, 0.05) is 5.56 Å². The van der Waals surface area contributed by atoms with Crippen LogP contribution in [0.4, 0.5) is 0 Å². The molecule has 6 nitrogen and oxygen atoms in total. The standard InChI is InChI=1S/C13H15NO5/c1-9(15)10-3-5-11(6-4-10)19-8-12(16)14-7-13(17)18-2/h3-6H,7-8H2,1-2H3,(H,14,16). The van der Waals surface area contributed by atoms with Crippen molar-refractivity contribution < 1.29 is 23.9 Å². The largest absolute Gasteiger partial charge is 0.484 e. The fourth-order valence-electron chi connectivity index (χ4n) is 1.23. The van der Waals surface area contributed by atoms with Gasteiger partial charge in [0.15, 0.2) is 12.4 Å². The highest BCUT2D eigenvalue weighted by atomic mass is 16.5. The Morgan fingerprint density at radius 3 is 2.32 bits per heavy atom. The molecule has 0 unspecified atom stereocenters. The molecule has 0 heterocycles. The Hall–Kier alpha value is -2.37. The van der Waals surface area contributed by atoms with Crippen molar-refractivity contribution in [1.82, 2.24) is 5.32 Å². The molecule has 0 saturated carbocycles. The van der Waals surface area contributed by atoms with E-state index in [0.717, 1.165) is 0 Å². The number of ether oxygens (including phenoxy) is 2. The lowest BCUT2D eigenvalue weighted by atomic mass is 10.1. The van der Waals surface area contributed by atoms with Crippen LogP contribution in [0.2, 0.25) is 0 Å². The Kier molecular flexibility index (Phi) is 5.53. The fraction of sp³-hybridized carbons (Fsp3) is 0.308. The SMILES string of the molecule is COC(=O)CNC(=O)COc1ccc(C(C)=O)cc1. The normalized spacial score (nSPS) is 9.58. The van der Waals surface area contributed by atoms with Gasteiger partial charge in [-0.15, -0.1) is 0 Å². The number of rotatable bonds is 6. The van der Waals surface area contributed by atoms with E-state index >= 15 is 0 Å². The Balaban J connectivity index is 2.37. The van der Waals surface area contributed by atoms with E-state index in [9.17, 15) is 14.4 Å². The van der Waals surface area contributed by atoms with Gasteiger partial charge in [-0.1, -0.05) is 0 Å². The van der Waals surface area contributed by atoms with Crippen LogP contribution < -0.4 is 10.1 Å². The summed E-state index contributed by atoms with van der Waals surface area (Å²) in [4.78, 5) is 33.1. The summed E-state index contributed by atoms with van der Waals surface area (Å²) >= 11 is 0. The Morgan fingerprint density at radius 1 is 1.16 bits per heavy atom. The molecular formula is C13H15NO5. The van der Waals surface area contributed by atoms with Crippen LogP contribution in [0.3, 0.4) is 0 Å². The second-order valence-corrected chi connectivity index (χ2v) is 3.72. The summed E-state index contributed by atoms with van der Waals surface area (Å²) in [5.74, 6) is -0.527. The third-order valence-corrected chi connectivity index (χ3v) is 2.29. The third-order valence-electron chi connectivity index (χ3n) is 2.29. The van der Waals surface area contributed by atoms with Crippen LogP contribution in [0.25, 0.3) is 0 Å². The van der Waals surface area contributed by atoms with E-state index in [0.29, 0.717) is 11.3 Å². The predicted octanol–water partition coefficient (Wildman–Crippen LogP) is 0.557. The highest BCUT2D eigenvalue weighted by Gasteiger charge is 2.06. The number of Topliss-reactive ketones (excluding diaryl/α,β-unsaturated/α-hetero) is 1. The topological polar surface area (TPSA) is 81.7 Å². The van der Waals surface area contributed by atoms with Crippen LogP contribution in [0.5, 0.6) is 5.75 Å². The Bertz CT molecular complexity index is 466. The molecule has 0 radical (unpaired) electrons. The van der Waals surface area contributed by atoms with Gasteiger partial charge in [0.05, 0.1) is 7.11 Å².